The highest BCUT2D eigenvalue weighted by Crippen LogP contribution is 2.55. The Bertz CT molecular complexity index is 5370. The van der Waals surface area contributed by atoms with Gasteiger partial charge in [-0.15, -0.1) is 0 Å². The molecule has 0 amide bonds. The summed E-state index contributed by atoms with van der Waals surface area (Å²) in [7, 11) is 0. The number of nitrogens with zero attached hydrogens (tertiary/aromatic N) is 2. The van der Waals surface area contributed by atoms with Crippen molar-refractivity contribution in [1.29, 1.82) is 0 Å². The molecule has 8 bridgehead atoms. The molecule has 96 heavy (non-hydrogen) atoms. The largest absolute Gasteiger partial charge is 0.353 e. The van der Waals surface area contributed by atoms with Crippen molar-refractivity contribution in [3.8, 4) is 89.5 Å². The number of benzene rings is 12. The van der Waals surface area contributed by atoms with E-state index in [0.29, 0.717) is 0 Å². The van der Waals surface area contributed by atoms with Gasteiger partial charge in [0.2, 0.25) is 0 Å². The zero-order valence-corrected chi connectivity index (χ0v) is 54.0. The third-order valence-corrected chi connectivity index (χ3v) is 23.1. The van der Waals surface area contributed by atoms with Crippen LogP contribution in [0.2, 0.25) is 0 Å². The molecule has 2 N–H and O–H groups in total. The van der Waals surface area contributed by atoms with Crippen LogP contribution >= 0.6 is 0 Å². The second kappa shape index (κ2) is 21.4. The number of fused-ring (bicyclic) bond motifs is 8. The number of rotatable bonds is 4. The molecule has 0 saturated heterocycles. The molecular weight excluding hydrogens is 1160 g/mol. The number of hydrogen-bond donors (Lipinski definition) is 2. The highest BCUT2D eigenvalue weighted by molar-refractivity contribution is 6.25. The van der Waals surface area contributed by atoms with E-state index in [1.165, 1.54) is 183 Å². The van der Waals surface area contributed by atoms with Gasteiger partial charge in [0.05, 0.1) is 44.8 Å². The van der Waals surface area contributed by atoms with Gasteiger partial charge in [-0.05, 0) is 261 Å². The van der Waals surface area contributed by atoms with Gasteiger partial charge in [0, 0.05) is 66.1 Å². The van der Waals surface area contributed by atoms with Crippen molar-refractivity contribution in [2.45, 2.75) is 103 Å². The van der Waals surface area contributed by atoms with E-state index in [9.17, 15) is 0 Å². The zero-order chi connectivity index (χ0) is 62.7. The standard InChI is InChI=1S/C92H70N4/c1-5-21-57-41-69(37-33-53(57)17-1)81-85-73-45-61-25-9-11-27-63(61)47-75(73)87(93-85)82(70-38-34-54-18-2-6-22-58(54)42-70)89-77-49-65-29-13-15-31-67(65)51-79(77)91(95-89)84(72-40-36-56-20-4-8-24-60(56)44-72)92-80-52-68-32-16-14-30-66(68)50-78(80)90(96-92)83(71-39-35-55-19-3-7-23-59(55)43-71)88-76-48-64-28-12-10-26-62(64)46-74(76)86(81)94-88/h9-16,25-52,93,96H,1-8,17-24H2. The topological polar surface area (TPSA) is 57.4 Å². The van der Waals surface area contributed by atoms with Crippen LogP contribution in [0.4, 0.5) is 0 Å². The lowest BCUT2D eigenvalue weighted by Crippen LogP contribution is -2.02. The van der Waals surface area contributed by atoms with Crippen molar-refractivity contribution >= 4 is 86.7 Å². The molecule has 0 unspecified atom stereocenters. The highest BCUT2D eigenvalue weighted by Gasteiger charge is 2.33. The molecule has 2 aromatic heterocycles. The molecule has 4 heterocycles. The van der Waals surface area contributed by atoms with Gasteiger partial charge in [-0.2, -0.15) is 0 Å². The van der Waals surface area contributed by atoms with Crippen LogP contribution in [0.3, 0.4) is 0 Å². The number of aryl methyl sites for hydroxylation is 8. The minimum absolute atomic E-state index is 0.982. The fourth-order valence-corrected chi connectivity index (χ4v) is 18.3. The van der Waals surface area contributed by atoms with Crippen molar-refractivity contribution in [2.24, 2.45) is 0 Å². The van der Waals surface area contributed by atoms with Crippen LogP contribution in [0.5, 0.6) is 0 Å². The first-order valence-electron chi connectivity index (χ1n) is 35.6. The van der Waals surface area contributed by atoms with Gasteiger partial charge < -0.3 is 9.97 Å². The van der Waals surface area contributed by atoms with Crippen LogP contribution in [0, 0.1) is 0 Å². The summed E-state index contributed by atoms with van der Waals surface area (Å²) in [5, 5.41) is 14.3. The molecule has 12 aromatic carbocycles. The maximum Gasteiger partial charge on any atom is 0.0816 e. The highest BCUT2D eigenvalue weighted by atomic mass is 14.8. The van der Waals surface area contributed by atoms with E-state index in [0.717, 1.165) is 141 Å². The van der Waals surface area contributed by atoms with E-state index in [1.807, 2.05) is 0 Å². The van der Waals surface area contributed by atoms with E-state index in [4.69, 9.17) is 9.97 Å². The lowest BCUT2D eigenvalue weighted by Gasteiger charge is -2.18. The summed E-state index contributed by atoms with van der Waals surface area (Å²) < 4.78 is 0. The molecule has 4 heteroatoms. The summed E-state index contributed by atoms with van der Waals surface area (Å²) in [5.74, 6) is 0. The number of aromatic amines is 2. The molecule has 0 atom stereocenters. The number of H-pyrrole nitrogens is 2. The summed E-state index contributed by atoms with van der Waals surface area (Å²) in [4.78, 5) is 22.0. The fourth-order valence-electron chi connectivity index (χ4n) is 18.3. The molecule has 0 saturated carbocycles. The zero-order valence-electron chi connectivity index (χ0n) is 54.0. The first-order chi connectivity index (χ1) is 47.5. The normalized spacial score (nSPS) is 14.8. The van der Waals surface area contributed by atoms with Gasteiger partial charge in [-0.1, -0.05) is 170 Å². The average Bonchev–Trinajstić information content (AvgIpc) is 1.58. The number of nitrogens with one attached hydrogen (secondary N) is 2. The third-order valence-electron chi connectivity index (χ3n) is 23.1. The Labute approximate surface area is 558 Å². The molecule has 0 fully saturated rings. The van der Waals surface area contributed by atoms with Crippen LogP contribution in [-0.2, 0) is 51.4 Å². The minimum Gasteiger partial charge on any atom is -0.353 e. The van der Waals surface area contributed by atoms with Gasteiger partial charge in [-0.25, -0.2) is 9.97 Å². The molecule has 4 nitrogen and oxygen atoms in total. The van der Waals surface area contributed by atoms with Crippen molar-refractivity contribution in [1.82, 2.24) is 19.9 Å². The second-order valence-corrected chi connectivity index (χ2v) is 28.6. The Balaban J connectivity index is 1.07. The maximum atomic E-state index is 6.49. The Morgan fingerprint density at radius 3 is 0.646 bits per heavy atom. The molecule has 14 aromatic rings. The van der Waals surface area contributed by atoms with Crippen LogP contribution in [0.1, 0.15) is 95.9 Å². The van der Waals surface area contributed by atoms with Gasteiger partial charge in [-0.3, -0.25) is 0 Å². The quantitative estimate of drug-likeness (QED) is 0.184. The molecule has 2 aliphatic heterocycles. The lowest BCUT2D eigenvalue weighted by molar-refractivity contribution is 0.686. The van der Waals surface area contributed by atoms with Gasteiger partial charge in [0.15, 0.2) is 0 Å². The first kappa shape index (κ1) is 54.7. The summed E-state index contributed by atoms with van der Waals surface area (Å²) in [6, 6.07) is 85.5. The summed E-state index contributed by atoms with van der Waals surface area (Å²) in [5.41, 5.74) is 33.6. The first-order valence-corrected chi connectivity index (χ1v) is 35.6. The Morgan fingerprint density at radius 1 is 0.208 bits per heavy atom. The monoisotopic (exact) mass is 1230 g/mol. The molecule has 21 rings (SSSR count). The molecule has 0 radical (unpaired) electrons. The van der Waals surface area contributed by atoms with Crippen LogP contribution in [0.25, 0.3) is 176 Å². The van der Waals surface area contributed by atoms with Crippen LogP contribution < -0.4 is 0 Å². The summed E-state index contributed by atoms with van der Waals surface area (Å²) in [6.45, 7) is 0. The van der Waals surface area contributed by atoms with Gasteiger partial charge >= 0.3 is 0 Å². The smallest absolute Gasteiger partial charge is 0.0816 e. The Morgan fingerprint density at radius 2 is 0.417 bits per heavy atom. The van der Waals surface area contributed by atoms with E-state index in [2.05, 4.69) is 228 Å². The SMILES string of the molecule is c1ccc2cc3c(cc2c1)-c1nc-3c(-c2ccc3c(c2)CCCC3)c2[nH]c(c(-c3ccc4c(c3)CCCC4)c3nc(c(-c4ccc5c(c4)CCCC5)c4[nH]c(c1-c1ccc5c(c1)CCCC5)c1cc5ccccc5cc41)-c1cc4ccccc4cc1-3)c1cc3ccccc3cc21. The number of aromatic nitrogens is 4. The van der Waals surface area contributed by atoms with E-state index in [-0.39, 0.29) is 0 Å². The molecule has 7 aliphatic rings. The summed E-state index contributed by atoms with van der Waals surface area (Å²) in [6.07, 6.45) is 18.2. The van der Waals surface area contributed by atoms with Crippen molar-refractivity contribution in [2.75, 3.05) is 0 Å². The molecular formula is C92H70N4. The van der Waals surface area contributed by atoms with Crippen LogP contribution in [-0.4, -0.2) is 19.9 Å². The Kier molecular flexibility index (Phi) is 12.2. The molecule has 0 spiro atoms. The van der Waals surface area contributed by atoms with Crippen molar-refractivity contribution in [3.63, 3.8) is 0 Å². The van der Waals surface area contributed by atoms with E-state index >= 15 is 0 Å². The predicted molar refractivity (Wildman–Crippen MR) is 403 cm³/mol. The van der Waals surface area contributed by atoms with E-state index in [1.54, 1.807) is 0 Å². The van der Waals surface area contributed by atoms with Crippen molar-refractivity contribution in [3.05, 3.63) is 263 Å². The van der Waals surface area contributed by atoms with Crippen molar-refractivity contribution < 1.29 is 0 Å². The fraction of sp³-hybridized carbons (Fsp3) is 0.174. The third kappa shape index (κ3) is 8.53. The minimum atomic E-state index is 0.982. The average molecular weight is 1230 g/mol. The lowest BCUT2D eigenvalue weighted by atomic mass is 9.86. The maximum absolute atomic E-state index is 6.49. The van der Waals surface area contributed by atoms with Gasteiger partial charge in [0.25, 0.3) is 0 Å². The van der Waals surface area contributed by atoms with E-state index < -0.39 is 0 Å². The molecule has 458 valence electrons. The Hall–Kier alpha value is -10.7. The van der Waals surface area contributed by atoms with Gasteiger partial charge in [0.1, 0.15) is 0 Å². The van der Waals surface area contributed by atoms with Crippen LogP contribution in [0.15, 0.2) is 218 Å². The number of hydrogen-bond acceptors (Lipinski definition) is 2. The summed E-state index contributed by atoms with van der Waals surface area (Å²) >= 11 is 0. The molecule has 5 aliphatic carbocycles. The second-order valence-electron chi connectivity index (χ2n) is 28.6. The predicted octanol–water partition coefficient (Wildman–Crippen LogP) is 24.1.